The van der Waals surface area contributed by atoms with Crippen molar-refractivity contribution in [1.82, 2.24) is 4.98 Å². The summed E-state index contributed by atoms with van der Waals surface area (Å²) in [6.07, 6.45) is 1.41. The summed E-state index contributed by atoms with van der Waals surface area (Å²) < 4.78 is 12.2. The highest BCUT2D eigenvalue weighted by atomic mass is 79.9. The van der Waals surface area contributed by atoms with Crippen molar-refractivity contribution in [2.24, 2.45) is 0 Å². The van der Waals surface area contributed by atoms with E-state index >= 15 is 0 Å². The van der Waals surface area contributed by atoms with E-state index in [1.54, 1.807) is 6.07 Å². The molecule has 1 nitrogen and oxygen atoms in total. The van der Waals surface area contributed by atoms with Crippen LogP contribution in [-0.2, 0) is 0 Å². The lowest BCUT2D eigenvalue weighted by atomic mass is 10.3. The largest absolute Gasteiger partial charge is 0.227 e. The van der Waals surface area contributed by atoms with Crippen LogP contribution in [0.15, 0.2) is 18.3 Å². The molecule has 56 valence electrons. The van der Waals surface area contributed by atoms with Crippen molar-refractivity contribution in [3.8, 4) is 11.8 Å². The summed E-state index contributed by atoms with van der Waals surface area (Å²) in [5.41, 5.74) is 0.728. The number of halogens is 2. The number of aromatic nitrogens is 1. The molecule has 0 unspecified atom stereocenters. The molecular formula is C8H5BrFN. The Morgan fingerprint density at radius 1 is 1.55 bits per heavy atom. The van der Waals surface area contributed by atoms with Gasteiger partial charge in [-0.25, -0.2) is 4.98 Å². The lowest BCUT2D eigenvalue weighted by molar-refractivity contribution is 0.583. The van der Waals surface area contributed by atoms with E-state index in [0.717, 1.165) is 5.56 Å². The normalized spacial score (nSPS) is 8.55. The third kappa shape index (κ3) is 2.69. The van der Waals surface area contributed by atoms with Gasteiger partial charge in [0.05, 0.1) is 5.33 Å². The Hall–Kier alpha value is -0.880. The first-order valence-electron chi connectivity index (χ1n) is 2.99. The van der Waals surface area contributed by atoms with Crippen molar-refractivity contribution in [1.29, 1.82) is 0 Å². The van der Waals surface area contributed by atoms with Gasteiger partial charge in [0.15, 0.2) is 0 Å². The van der Waals surface area contributed by atoms with Gasteiger partial charge >= 0.3 is 0 Å². The zero-order valence-electron chi connectivity index (χ0n) is 5.64. The first kappa shape index (κ1) is 8.22. The third-order valence-corrected chi connectivity index (χ3v) is 1.31. The van der Waals surface area contributed by atoms with Crippen molar-refractivity contribution >= 4 is 15.9 Å². The summed E-state index contributed by atoms with van der Waals surface area (Å²) in [4.78, 5) is 3.45. The van der Waals surface area contributed by atoms with Gasteiger partial charge in [0, 0.05) is 11.8 Å². The topological polar surface area (TPSA) is 12.9 Å². The number of rotatable bonds is 0. The maximum atomic E-state index is 12.2. The zero-order chi connectivity index (χ0) is 8.10. The third-order valence-electron chi connectivity index (χ3n) is 1.03. The van der Waals surface area contributed by atoms with Gasteiger partial charge in [-0.05, 0) is 12.1 Å². The number of pyridine rings is 1. The van der Waals surface area contributed by atoms with Gasteiger partial charge in [-0.2, -0.15) is 4.39 Å². The minimum Gasteiger partial charge on any atom is -0.227 e. The maximum absolute atomic E-state index is 12.2. The maximum Gasteiger partial charge on any atom is 0.212 e. The number of nitrogens with zero attached hydrogens (tertiary/aromatic N) is 1. The predicted octanol–water partition coefficient (Wildman–Crippen LogP) is 1.97. The van der Waals surface area contributed by atoms with Crippen LogP contribution < -0.4 is 0 Å². The fraction of sp³-hybridized carbons (Fsp3) is 0.125. The molecule has 1 aromatic heterocycles. The number of hydrogen-bond donors (Lipinski definition) is 0. The Kier molecular flexibility index (Phi) is 3.06. The molecule has 0 saturated heterocycles. The molecule has 0 saturated carbocycles. The summed E-state index contributed by atoms with van der Waals surface area (Å²) in [7, 11) is 0. The molecule has 3 heteroatoms. The molecule has 0 N–H and O–H groups in total. The fourth-order valence-corrected chi connectivity index (χ4v) is 0.725. The molecule has 0 spiro atoms. The van der Waals surface area contributed by atoms with Crippen molar-refractivity contribution in [3.05, 3.63) is 29.8 Å². The summed E-state index contributed by atoms with van der Waals surface area (Å²) in [6.45, 7) is 0. The Morgan fingerprint density at radius 3 is 2.91 bits per heavy atom. The Bertz CT molecular complexity index is 283. The van der Waals surface area contributed by atoms with Gasteiger partial charge in [0.25, 0.3) is 0 Å². The van der Waals surface area contributed by atoms with Crippen LogP contribution in [0.5, 0.6) is 0 Å². The van der Waals surface area contributed by atoms with Crippen LogP contribution in [0.2, 0.25) is 0 Å². The molecule has 0 radical (unpaired) electrons. The molecule has 0 fully saturated rings. The van der Waals surface area contributed by atoms with Gasteiger partial charge < -0.3 is 0 Å². The highest BCUT2D eigenvalue weighted by Crippen LogP contribution is 1.96. The average Bonchev–Trinajstić information content (AvgIpc) is 2.04. The monoisotopic (exact) mass is 213 g/mol. The predicted molar refractivity (Wildman–Crippen MR) is 44.9 cm³/mol. The van der Waals surface area contributed by atoms with Crippen LogP contribution in [-0.4, -0.2) is 10.3 Å². The summed E-state index contributed by atoms with van der Waals surface area (Å²) >= 11 is 3.15. The first-order chi connectivity index (χ1) is 5.33. The van der Waals surface area contributed by atoms with Crippen molar-refractivity contribution in [2.75, 3.05) is 5.33 Å². The number of hydrogen-bond acceptors (Lipinski definition) is 1. The molecule has 0 bridgehead atoms. The quantitative estimate of drug-likeness (QED) is 0.365. The van der Waals surface area contributed by atoms with Crippen LogP contribution in [0, 0.1) is 17.8 Å². The van der Waals surface area contributed by atoms with E-state index in [1.807, 2.05) is 0 Å². The smallest absolute Gasteiger partial charge is 0.212 e. The average molecular weight is 214 g/mol. The molecule has 0 aliphatic heterocycles. The highest BCUT2D eigenvalue weighted by Gasteiger charge is 1.88. The van der Waals surface area contributed by atoms with E-state index in [0.29, 0.717) is 5.33 Å². The van der Waals surface area contributed by atoms with Crippen LogP contribution in [0.4, 0.5) is 4.39 Å². The molecule has 1 aromatic rings. The second kappa shape index (κ2) is 4.09. The second-order valence-electron chi connectivity index (χ2n) is 1.81. The minimum absolute atomic E-state index is 0.477. The van der Waals surface area contributed by atoms with Gasteiger partial charge in [-0.3, -0.25) is 0 Å². The van der Waals surface area contributed by atoms with E-state index in [-0.39, 0.29) is 0 Å². The van der Waals surface area contributed by atoms with E-state index in [4.69, 9.17) is 0 Å². The van der Waals surface area contributed by atoms with Crippen molar-refractivity contribution < 1.29 is 4.39 Å². The Balaban J connectivity index is 2.82. The Labute approximate surface area is 72.8 Å². The van der Waals surface area contributed by atoms with Gasteiger partial charge in [0.1, 0.15) is 0 Å². The SMILES string of the molecule is Fc1ccc(C#CCBr)cn1. The molecular weight excluding hydrogens is 209 g/mol. The Morgan fingerprint density at radius 2 is 2.36 bits per heavy atom. The molecule has 0 aromatic carbocycles. The van der Waals surface area contributed by atoms with Gasteiger partial charge in [-0.1, -0.05) is 27.8 Å². The standard InChI is InChI=1S/C8H5BrFN/c9-5-1-2-7-3-4-8(10)11-6-7/h3-4,6H,5H2. The second-order valence-corrected chi connectivity index (χ2v) is 2.37. The van der Waals surface area contributed by atoms with Gasteiger partial charge in [0.2, 0.25) is 5.95 Å². The molecule has 0 atom stereocenters. The summed E-state index contributed by atoms with van der Waals surface area (Å²) in [5, 5.41) is 0.615. The molecule has 0 amide bonds. The molecule has 1 rings (SSSR count). The summed E-state index contributed by atoms with van der Waals surface area (Å²) in [5.74, 6) is 5.11. The van der Waals surface area contributed by atoms with Crippen molar-refractivity contribution in [2.45, 2.75) is 0 Å². The molecule has 11 heavy (non-hydrogen) atoms. The van der Waals surface area contributed by atoms with E-state index in [2.05, 4.69) is 32.8 Å². The molecule has 1 heterocycles. The molecule has 0 aliphatic carbocycles. The van der Waals surface area contributed by atoms with Crippen LogP contribution in [0.25, 0.3) is 0 Å². The van der Waals surface area contributed by atoms with E-state index in [1.165, 1.54) is 12.3 Å². The zero-order valence-corrected chi connectivity index (χ0v) is 7.23. The number of alkyl halides is 1. The fourth-order valence-electron chi connectivity index (χ4n) is 0.585. The van der Waals surface area contributed by atoms with E-state index < -0.39 is 5.95 Å². The molecule has 0 aliphatic rings. The van der Waals surface area contributed by atoms with Crippen LogP contribution in [0.1, 0.15) is 5.56 Å². The lowest BCUT2D eigenvalue weighted by Gasteiger charge is -1.86. The van der Waals surface area contributed by atoms with Gasteiger partial charge in [-0.15, -0.1) is 0 Å². The summed E-state index contributed by atoms with van der Waals surface area (Å²) in [6, 6.07) is 2.89. The minimum atomic E-state index is -0.477. The van der Waals surface area contributed by atoms with Crippen LogP contribution >= 0.6 is 15.9 Å². The lowest BCUT2D eigenvalue weighted by Crippen LogP contribution is -1.81. The van der Waals surface area contributed by atoms with E-state index in [9.17, 15) is 4.39 Å². The van der Waals surface area contributed by atoms with Crippen LogP contribution in [0.3, 0.4) is 0 Å². The highest BCUT2D eigenvalue weighted by molar-refractivity contribution is 9.09. The first-order valence-corrected chi connectivity index (χ1v) is 4.11. The van der Waals surface area contributed by atoms with Crippen molar-refractivity contribution in [3.63, 3.8) is 0 Å².